The lowest BCUT2D eigenvalue weighted by atomic mass is 10.0. The third-order valence-corrected chi connectivity index (χ3v) is 5.06. The molecule has 1 aromatic carbocycles. The van der Waals surface area contributed by atoms with E-state index < -0.39 is 10.0 Å². The van der Waals surface area contributed by atoms with Crippen LogP contribution < -0.4 is 0 Å². The van der Waals surface area contributed by atoms with E-state index in [1.54, 1.807) is 4.31 Å². The monoisotopic (exact) mass is 264 g/mol. The van der Waals surface area contributed by atoms with Crippen LogP contribution >= 0.6 is 0 Å². The first-order valence-electron chi connectivity index (χ1n) is 6.05. The summed E-state index contributed by atoms with van der Waals surface area (Å²) in [5, 5.41) is 1.22. The summed E-state index contributed by atoms with van der Waals surface area (Å²) in [5.74, 6) is 0. The molecule has 0 saturated carbocycles. The Bertz CT molecular complexity index is 703. The van der Waals surface area contributed by atoms with Crippen LogP contribution in [0.15, 0.2) is 24.3 Å². The molecule has 0 spiro atoms. The van der Waals surface area contributed by atoms with Crippen LogP contribution in [0.3, 0.4) is 0 Å². The topological polar surface area (TPSA) is 53.2 Å². The highest BCUT2D eigenvalue weighted by molar-refractivity contribution is 7.88. The molecule has 1 aromatic heterocycles. The van der Waals surface area contributed by atoms with Gasteiger partial charge in [0.25, 0.3) is 0 Å². The summed E-state index contributed by atoms with van der Waals surface area (Å²) in [6.45, 7) is 2.50. The number of aromatic nitrogens is 1. The average molecular weight is 264 g/mol. The number of hydrogen-bond donors (Lipinski definition) is 1. The molecule has 4 nitrogen and oxygen atoms in total. The van der Waals surface area contributed by atoms with Gasteiger partial charge in [-0.3, -0.25) is 0 Å². The predicted octanol–water partition coefficient (Wildman–Crippen LogP) is 2.05. The van der Waals surface area contributed by atoms with Crippen LogP contribution in [0.25, 0.3) is 10.9 Å². The molecule has 0 aliphatic carbocycles. The largest absolute Gasteiger partial charge is 0.357 e. The molecule has 3 rings (SSSR count). The van der Waals surface area contributed by atoms with Crippen LogP contribution in [0.2, 0.25) is 0 Å². The first-order valence-corrected chi connectivity index (χ1v) is 7.89. The summed E-state index contributed by atoms with van der Waals surface area (Å²) < 4.78 is 25.0. The minimum atomic E-state index is -3.14. The molecule has 96 valence electrons. The Hall–Kier alpha value is -1.33. The molecule has 1 atom stereocenters. The van der Waals surface area contributed by atoms with E-state index in [1.165, 1.54) is 17.2 Å². The fraction of sp³-hybridized carbons (Fsp3) is 0.385. The van der Waals surface area contributed by atoms with Crippen molar-refractivity contribution in [1.82, 2.24) is 9.29 Å². The SMILES string of the molecule is C[C@H]1c2[nH]c3ccccc3c2CCN1S(C)(=O)=O. The van der Waals surface area contributed by atoms with Gasteiger partial charge in [-0.05, 0) is 25.0 Å². The minimum absolute atomic E-state index is 0.115. The van der Waals surface area contributed by atoms with Gasteiger partial charge in [0.05, 0.1) is 12.3 Å². The minimum Gasteiger partial charge on any atom is -0.357 e. The molecule has 0 fully saturated rings. The van der Waals surface area contributed by atoms with Gasteiger partial charge in [-0.2, -0.15) is 4.31 Å². The van der Waals surface area contributed by atoms with Gasteiger partial charge < -0.3 is 4.98 Å². The van der Waals surface area contributed by atoms with Gasteiger partial charge in [0.2, 0.25) is 10.0 Å². The van der Waals surface area contributed by atoms with Crippen molar-refractivity contribution in [3.63, 3.8) is 0 Å². The summed E-state index contributed by atoms with van der Waals surface area (Å²) in [5.41, 5.74) is 3.38. The third-order valence-electron chi connectivity index (χ3n) is 3.70. The molecule has 5 heteroatoms. The highest BCUT2D eigenvalue weighted by atomic mass is 32.2. The molecule has 0 amide bonds. The van der Waals surface area contributed by atoms with Gasteiger partial charge >= 0.3 is 0 Å². The number of sulfonamides is 1. The maximum atomic E-state index is 11.7. The summed E-state index contributed by atoms with van der Waals surface area (Å²) in [6.07, 6.45) is 2.05. The van der Waals surface area contributed by atoms with Crippen LogP contribution in [-0.2, 0) is 16.4 Å². The maximum Gasteiger partial charge on any atom is 0.211 e. The first kappa shape index (κ1) is 11.7. The van der Waals surface area contributed by atoms with E-state index in [0.717, 1.165) is 17.6 Å². The van der Waals surface area contributed by atoms with Gasteiger partial charge in [0.1, 0.15) is 0 Å². The second-order valence-corrected chi connectivity index (χ2v) is 6.80. The summed E-state index contributed by atoms with van der Waals surface area (Å²) in [4.78, 5) is 3.36. The van der Waals surface area contributed by atoms with E-state index in [4.69, 9.17) is 0 Å². The highest BCUT2D eigenvalue weighted by Gasteiger charge is 2.32. The van der Waals surface area contributed by atoms with E-state index in [-0.39, 0.29) is 6.04 Å². The number of fused-ring (bicyclic) bond motifs is 3. The lowest BCUT2D eigenvalue weighted by Gasteiger charge is -2.31. The van der Waals surface area contributed by atoms with Crippen molar-refractivity contribution in [1.29, 1.82) is 0 Å². The zero-order valence-corrected chi connectivity index (χ0v) is 11.3. The molecule has 1 N–H and O–H groups in total. The Labute approximate surface area is 107 Å². The quantitative estimate of drug-likeness (QED) is 0.857. The molecular weight excluding hydrogens is 248 g/mol. The third kappa shape index (κ3) is 1.66. The Morgan fingerprint density at radius 3 is 2.78 bits per heavy atom. The summed E-state index contributed by atoms with van der Waals surface area (Å²) in [7, 11) is -3.14. The Kier molecular flexibility index (Phi) is 2.50. The van der Waals surface area contributed by atoms with E-state index in [1.807, 2.05) is 25.1 Å². The van der Waals surface area contributed by atoms with Crippen molar-refractivity contribution >= 4 is 20.9 Å². The molecule has 18 heavy (non-hydrogen) atoms. The number of aromatic amines is 1. The Balaban J connectivity index is 2.17. The zero-order chi connectivity index (χ0) is 12.9. The standard InChI is InChI=1S/C13H16N2O2S/c1-9-13-11(7-8-15(9)18(2,16)17)10-5-3-4-6-12(10)14-13/h3-6,9,14H,7-8H2,1-2H3/t9-/m0/s1. The van der Waals surface area contributed by atoms with E-state index in [9.17, 15) is 8.42 Å². The fourth-order valence-corrected chi connectivity index (χ4v) is 3.96. The molecule has 0 unspecified atom stereocenters. The van der Waals surface area contributed by atoms with Crippen molar-refractivity contribution < 1.29 is 8.42 Å². The van der Waals surface area contributed by atoms with Crippen LogP contribution in [-0.4, -0.2) is 30.5 Å². The second kappa shape index (κ2) is 3.83. The fourth-order valence-electron chi connectivity index (χ4n) is 2.86. The van der Waals surface area contributed by atoms with Gasteiger partial charge in [-0.25, -0.2) is 8.42 Å². The summed E-state index contributed by atoms with van der Waals surface area (Å²) in [6, 6.07) is 8.02. The predicted molar refractivity (Wildman–Crippen MR) is 72.0 cm³/mol. The first-order chi connectivity index (χ1) is 8.48. The van der Waals surface area contributed by atoms with E-state index in [0.29, 0.717) is 6.54 Å². The van der Waals surface area contributed by atoms with Crippen molar-refractivity contribution in [2.45, 2.75) is 19.4 Å². The van der Waals surface area contributed by atoms with Crippen LogP contribution in [0.5, 0.6) is 0 Å². The molecule has 0 saturated heterocycles. The molecule has 2 heterocycles. The number of H-pyrrole nitrogens is 1. The molecule has 1 aliphatic rings. The van der Waals surface area contributed by atoms with Gasteiger partial charge in [0, 0.05) is 23.1 Å². The molecule has 1 aliphatic heterocycles. The normalized spacial score (nSPS) is 21.1. The summed E-state index contributed by atoms with van der Waals surface area (Å²) >= 11 is 0. The number of nitrogens with zero attached hydrogens (tertiary/aromatic N) is 1. The number of para-hydroxylation sites is 1. The Morgan fingerprint density at radius 1 is 1.33 bits per heavy atom. The van der Waals surface area contributed by atoms with Crippen molar-refractivity contribution in [2.24, 2.45) is 0 Å². The van der Waals surface area contributed by atoms with Gasteiger partial charge in [-0.1, -0.05) is 18.2 Å². The van der Waals surface area contributed by atoms with Crippen LogP contribution in [0.1, 0.15) is 24.2 Å². The zero-order valence-electron chi connectivity index (χ0n) is 10.5. The molecular formula is C13H16N2O2S. The highest BCUT2D eigenvalue weighted by Crippen LogP contribution is 2.35. The molecule has 2 aromatic rings. The number of hydrogen-bond acceptors (Lipinski definition) is 2. The number of nitrogens with one attached hydrogen (secondary N) is 1. The number of benzene rings is 1. The van der Waals surface area contributed by atoms with Crippen molar-refractivity contribution in [3.05, 3.63) is 35.5 Å². The van der Waals surface area contributed by atoms with Crippen LogP contribution in [0, 0.1) is 0 Å². The molecule has 0 bridgehead atoms. The smallest absolute Gasteiger partial charge is 0.211 e. The van der Waals surface area contributed by atoms with E-state index >= 15 is 0 Å². The maximum absolute atomic E-state index is 11.7. The lowest BCUT2D eigenvalue weighted by Crippen LogP contribution is -2.38. The number of rotatable bonds is 1. The van der Waals surface area contributed by atoms with Gasteiger partial charge in [-0.15, -0.1) is 0 Å². The Morgan fingerprint density at radius 2 is 2.06 bits per heavy atom. The van der Waals surface area contributed by atoms with Crippen molar-refractivity contribution in [2.75, 3.05) is 12.8 Å². The lowest BCUT2D eigenvalue weighted by molar-refractivity contribution is 0.325. The van der Waals surface area contributed by atoms with E-state index in [2.05, 4.69) is 11.1 Å². The second-order valence-electron chi connectivity index (χ2n) is 4.86. The average Bonchev–Trinajstić information content (AvgIpc) is 2.68. The van der Waals surface area contributed by atoms with Crippen molar-refractivity contribution in [3.8, 4) is 0 Å². The molecule has 0 radical (unpaired) electrons. The van der Waals surface area contributed by atoms with Gasteiger partial charge in [0.15, 0.2) is 0 Å². The van der Waals surface area contributed by atoms with Crippen LogP contribution in [0.4, 0.5) is 0 Å².